The summed E-state index contributed by atoms with van der Waals surface area (Å²) in [6.45, 7) is 0. The Morgan fingerprint density at radius 2 is 1.00 bits per heavy atom. The van der Waals surface area contributed by atoms with Gasteiger partial charge in [0.1, 0.15) is 0 Å². The highest BCUT2D eigenvalue weighted by Gasteiger charge is 2.29. The third kappa shape index (κ3) is 3.87. The first-order valence-corrected chi connectivity index (χ1v) is 16.0. The first-order valence-electron chi connectivity index (χ1n) is 16.0. The molecule has 10 rings (SSSR count). The molecule has 0 N–H and O–H groups in total. The molecule has 0 aliphatic carbocycles. The van der Waals surface area contributed by atoms with Gasteiger partial charge in [0.05, 0.1) is 39.5 Å². The predicted molar refractivity (Wildman–Crippen MR) is 197 cm³/mol. The van der Waals surface area contributed by atoms with Gasteiger partial charge < -0.3 is 4.90 Å². The quantitative estimate of drug-likeness (QED) is 0.203. The first-order chi connectivity index (χ1) is 23.3. The van der Waals surface area contributed by atoms with Crippen molar-refractivity contribution in [2.75, 3.05) is 4.90 Å². The zero-order valence-electron chi connectivity index (χ0n) is 25.4. The summed E-state index contributed by atoms with van der Waals surface area (Å²) >= 11 is 0. The Labute approximate surface area is 272 Å². The molecule has 47 heavy (non-hydrogen) atoms. The average molecular weight is 598 g/mol. The molecule has 3 heteroatoms. The lowest BCUT2D eigenvalue weighted by atomic mass is 9.88. The smallest absolute Gasteiger partial charge is 0.0979 e. The normalized spacial score (nSPS) is 12.2. The summed E-state index contributed by atoms with van der Waals surface area (Å²) in [5, 5.41) is 7.27. The van der Waals surface area contributed by atoms with Gasteiger partial charge in [0.2, 0.25) is 0 Å². The molecule has 0 unspecified atom stereocenters. The van der Waals surface area contributed by atoms with E-state index in [-0.39, 0.29) is 0 Å². The number of hydrogen-bond acceptors (Lipinski definition) is 3. The Morgan fingerprint density at radius 1 is 0.362 bits per heavy atom. The summed E-state index contributed by atoms with van der Waals surface area (Å²) in [7, 11) is 0. The summed E-state index contributed by atoms with van der Waals surface area (Å²) in [6, 6.07) is 58.4. The van der Waals surface area contributed by atoms with Crippen molar-refractivity contribution in [1.29, 1.82) is 0 Å². The number of benzene rings is 8. The van der Waals surface area contributed by atoms with Gasteiger partial charge in [-0.25, -0.2) is 9.97 Å². The minimum Gasteiger partial charge on any atom is -0.308 e. The van der Waals surface area contributed by atoms with Crippen LogP contribution in [0.15, 0.2) is 164 Å². The van der Waals surface area contributed by atoms with Crippen LogP contribution in [-0.4, -0.2) is 9.97 Å². The Kier molecular flexibility index (Phi) is 5.57. The van der Waals surface area contributed by atoms with Crippen LogP contribution in [0, 0.1) is 0 Å². The van der Waals surface area contributed by atoms with E-state index in [0.717, 1.165) is 50.0 Å². The van der Waals surface area contributed by atoms with E-state index in [0.29, 0.717) is 0 Å². The monoisotopic (exact) mass is 597 g/mol. The summed E-state index contributed by atoms with van der Waals surface area (Å²) in [5.74, 6) is 0. The van der Waals surface area contributed by atoms with Gasteiger partial charge in [0.15, 0.2) is 0 Å². The van der Waals surface area contributed by atoms with E-state index in [9.17, 15) is 0 Å². The van der Waals surface area contributed by atoms with E-state index in [1.807, 2.05) is 30.3 Å². The zero-order valence-corrected chi connectivity index (χ0v) is 25.4. The lowest BCUT2D eigenvalue weighted by molar-refractivity contribution is 1.29. The number of hydrogen-bond donors (Lipinski definition) is 0. The maximum absolute atomic E-state index is 5.28. The molecule has 1 aliphatic heterocycles. The van der Waals surface area contributed by atoms with Gasteiger partial charge >= 0.3 is 0 Å². The summed E-state index contributed by atoms with van der Waals surface area (Å²) in [4.78, 5) is 12.9. The lowest BCUT2D eigenvalue weighted by Crippen LogP contribution is -2.16. The summed E-state index contributed by atoms with van der Waals surface area (Å²) in [5.41, 5.74) is 11.7. The molecule has 9 aromatic rings. The minimum atomic E-state index is 0.884. The molecular weight excluding hydrogens is 571 g/mol. The molecule has 0 spiro atoms. The SMILES string of the molecule is c1ccc(-c2nc3ccccc3nc2-c2ccc(N3c4c(ccc5ccccc45)-c4cccc5cccc3c45)c3ccccc23)cc1. The topological polar surface area (TPSA) is 29.0 Å². The van der Waals surface area contributed by atoms with Gasteiger partial charge in [-0.05, 0) is 52.1 Å². The maximum Gasteiger partial charge on any atom is 0.0979 e. The molecule has 0 radical (unpaired) electrons. The molecule has 0 amide bonds. The highest BCUT2D eigenvalue weighted by atomic mass is 15.2. The van der Waals surface area contributed by atoms with Crippen molar-refractivity contribution in [3.63, 3.8) is 0 Å². The van der Waals surface area contributed by atoms with Gasteiger partial charge in [-0.1, -0.05) is 133 Å². The third-order valence-corrected chi connectivity index (χ3v) is 9.55. The molecule has 8 aromatic carbocycles. The fourth-order valence-corrected chi connectivity index (χ4v) is 7.49. The molecule has 0 saturated carbocycles. The molecule has 3 nitrogen and oxygen atoms in total. The number of para-hydroxylation sites is 2. The Morgan fingerprint density at radius 3 is 1.83 bits per heavy atom. The van der Waals surface area contributed by atoms with E-state index < -0.39 is 0 Å². The van der Waals surface area contributed by atoms with Crippen LogP contribution >= 0.6 is 0 Å². The Balaban J connectivity index is 1.29. The second-order valence-corrected chi connectivity index (χ2v) is 12.2. The number of fused-ring (bicyclic) bond motifs is 6. The molecule has 1 aromatic heterocycles. The van der Waals surface area contributed by atoms with Gasteiger partial charge in [-0.15, -0.1) is 0 Å². The number of nitrogens with zero attached hydrogens (tertiary/aromatic N) is 3. The van der Waals surface area contributed by atoms with E-state index in [1.54, 1.807) is 0 Å². The second-order valence-electron chi connectivity index (χ2n) is 12.2. The highest BCUT2D eigenvalue weighted by molar-refractivity contribution is 6.21. The highest BCUT2D eigenvalue weighted by Crippen LogP contribution is 2.54. The van der Waals surface area contributed by atoms with Crippen LogP contribution in [0.5, 0.6) is 0 Å². The van der Waals surface area contributed by atoms with Crippen molar-refractivity contribution in [1.82, 2.24) is 9.97 Å². The van der Waals surface area contributed by atoms with E-state index in [2.05, 4.69) is 138 Å². The third-order valence-electron chi connectivity index (χ3n) is 9.55. The Bertz CT molecular complexity index is 2690. The van der Waals surface area contributed by atoms with E-state index >= 15 is 0 Å². The fourth-order valence-electron chi connectivity index (χ4n) is 7.49. The van der Waals surface area contributed by atoms with Crippen LogP contribution in [0.3, 0.4) is 0 Å². The van der Waals surface area contributed by atoms with Gasteiger partial charge in [-0.2, -0.15) is 0 Å². The van der Waals surface area contributed by atoms with E-state index in [1.165, 1.54) is 44.0 Å². The van der Waals surface area contributed by atoms with Crippen LogP contribution < -0.4 is 4.90 Å². The molecule has 1 aliphatic rings. The molecular formula is C44H27N3. The molecule has 0 fully saturated rings. The fraction of sp³-hybridized carbons (Fsp3) is 0. The summed E-state index contributed by atoms with van der Waals surface area (Å²) in [6.07, 6.45) is 0. The van der Waals surface area contributed by atoms with Crippen LogP contribution in [0.2, 0.25) is 0 Å². The average Bonchev–Trinajstić information content (AvgIpc) is 3.14. The van der Waals surface area contributed by atoms with E-state index in [4.69, 9.17) is 9.97 Å². The van der Waals surface area contributed by atoms with Crippen molar-refractivity contribution >= 4 is 60.4 Å². The molecule has 0 bridgehead atoms. The van der Waals surface area contributed by atoms with Gasteiger partial charge in [-0.3, -0.25) is 0 Å². The lowest BCUT2D eigenvalue weighted by Gasteiger charge is -2.35. The minimum absolute atomic E-state index is 0.884. The number of anilines is 3. The molecule has 2 heterocycles. The van der Waals surface area contributed by atoms with Gasteiger partial charge in [0, 0.05) is 32.8 Å². The largest absolute Gasteiger partial charge is 0.308 e. The van der Waals surface area contributed by atoms with Crippen molar-refractivity contribution in [2.45, 2.75) is 0 Å². The van der Waals surface area contributed by atoms with Crippen molar-refractivity contribution < 1.29 is 0 Å². The number of rotatable bonds is 3. The Hall–Kier alpha value is -6.32. The van der Waals surface area contributed by atoms with Gasteiger partial charge in [0.25, 0.3) is 0 Å². The molecule has 0 atom stereocenters. The summed E-state index contributed by atoms with van der Waals surface area (Å²) < 4.78 is 0. The first kappa shape index (κ1) is 26.0. The van der Waals surface area contributed by atoms with Crippen molar-refractivity contribution in [2.24, 2.45) is 0 Å². The standard InChI is InChI=1S/C44H27N3/c1-2-13-30(14-3-1)42-43(46-38-22-9-8-21-37(38)45-42)35-26-27-39(33-19-7-6-18-32(33)35)47-40-23-11-16-29-15-10-20-34(41(29)40)36-25-24-28-12-4-5-17-31(28)44(36)47/h1-27H. The van der Waals surface area contributed by atoms with Crippen molar-refractivity contribution in [3.05, 3.63) is 164 Å². The molecule has 0 saturated heterocycles. The zero-order chi connectivity index (χ0) is 30.9. The maximum atomic E-state index is 5.28. The number of aromatic nitrogens is 2. The van der Waals surface area contributed by atoms with Crippen LogP contribution in [0.1, 0.15) is 0 Å². The van der Waals surface area contributed by atoms with Crippen LogP contribution in [0.4, 0.5) is 17.1 Å². The van der Waals surface area contributed by atoms with Crippen molar-refractivity contribution in [3.8, 4) is 33.6 Å². The molecule has 218 valence electrons. The second kappa shape index (κ2) is 10.1. The van der Waals surface area contributed by atoms with Crippen LogP contribution in [0.25, 0.3) is 77.0 Å². The predicted octanol–water partition coefficient (Wildman–Crippen LogP) is 11.9. The van der Waals surface area contributed by atoms with Crippen LogP contribution in [-0.2, 0) is 0 Å².